The molecule has 1 N–H and O–H groups in total. The molecule has 0 bridgehead atoms. The molecule has 3 heteroatoms. The van der Waals surface area contributed by atoms with Crippen LogP contribution in [-0.2, 0) is 4.74 Å². The molecule has 0 spiro atoms. The van der Waals surface area contributed by atoms with E-state index in [0.29, 0.717) is 19.6 Å². The van der Waals surface area contributed by atoms with Crippen molar-refractivity contribution in [3.05, 3.63) is 29.3 Å². The quantitative estimate of drug-likeness (QED) is 0.586. The van der Waals surface area contributed by atoms with Crippen LogP contribution in [0.15, 0.2) is 18.2 Å². The summed E-state index contributed by atoms with van der Waals surface area (Å²) in [7, 11) is 0. The lowest BCUT2D eigenvalue weighted by Crippen LogP contribution is -2.08. The normalized spacial score (nSPS) is 9.95. The van der Waals surface area contributed by atoms with Gasteiger partial charge in [-0.25, -0.2) is 0 Å². The van der Waals surface area contributed by atoms with Gasteiger partial charge in [-0.1, -0.05) is 25.2 Å². The maximum Gasteiger partial charge on any atom is 0.122 e. The maximum absolute atomic E-state index is 8.68. The molecule has 1 aromatic carbocycles. The SMILES string of the molecule is CCCCOCCOc1ccc(C#CCCO)cc1C. The zero-order chi connectivity index (χ0) is 14.6. The van der Waals surface area contributed by atoms with Gasteiger partial charge in [0.1, 0.15) is 12.4 Å². The van der Waals surface area contributed by atoms with Crippen LogP contribution >= 0.6 is 0 Å². The number of benzene rings is 1. The van der Waals surface area contributed by atoms with E-state index < -0.39 is 0 Å². The highest BCUT2D eigenvalue weighted by atomic mass is 16.5. The highest BCUT2D eigenvalue weighted by Gasteiger charge is 2.00. The Bertz CT molecular complexity index is 443. The first-order valence-electron chi connectivity index (χ1n) is 7.19. The first-order chi connectivity index (χ1) is 9.77. The minimum Gasteiger partial charge on any atom is -0.491 e. The van der Waals surface area contributed by atoms with Gasteiger partial charge >= 0.3 is 0 Å². The van der Waals surface area contributed by atoms with Crippen molar-refractivity contribution in [3.63, 3.8) is 0 Å². The van der Waals surface area contributed by atoms with Crippen LogP contribution in [-0.4, -0.2) is 31.5 Å². The van der Waals surface area contributed by atoms with Gasteiger partial charge in [0.15, 0.2) is 0 Å². The van der Waals surface area contributed by atoms with Gasteiger partial charge in [-0.3, -0.25) is 0 Å². The van der Waals surface area contributed by atoms with Crippen molar-refractivity contribution >= 4 is 0 Å². The van der Waals surface area contributed by atoms with Gasteiger partial charge < -0.3 is 14.6 Å². The van der Waals surface area contributed by atoms with E-state index in [4.69, 9.17) is 14.6 Å². The Hall–Kier alpha value is -1.50. The Labute approximate surface area is 121 Å². The summed E-state index contributed by atoms with van der Waals surface area (Å²) in [6, 6.07) is 5.87. The lowest BCUT2D eigenvalue weighted by molar-refractivity contribution is 0.0978. The summed E-state index contributed by atoms with van der Waals surface area (Å²) < 4.78 is 11.1. The van der Waals surface area contributed by atoms with E-state index in [9.17, 15) is 0 Å². The molecule has 3 nitrogen and oxygen atoms in total. The number of rotatable bonds is 8. The molecule has 0 aliphatic rings. The Kier molecular flexibility index (Phi) is 8.53. The second-order valence-electron chi connectivity index (χ2n) is 4.57. The first kappa shape index (κ1) is 16.6. The third-order valence-electron chi connectivity index (χ3n) is 2.77. The summed E-state index contributed by atoms with van der Waals surface area (Å²) >= 11 is 0. The van der Waals surface area contributed by atoms with Crippen LogP contribution in [0.2, 0.25) is 0 Å². The molecule has 110 valence electrons. The molecule has 0 radical (unpaired) electrons. The number of aryl methyl sites for hydroxylation is 1. The number of hydrogen-bond donors (Lipinski definition) is 1. The highest BCUT2D eigenvalue weighted by Crippen LogP contribution is 2.18. The predicted molar refractivity (Wildman–Crippen MR) is 81.0 cm³/mol. The van der Waals surface area contributed by atoms with Crippen LogP contribution in [0.3, 0.4) is 0 Å². The molecule has 0 saturated carbocycles. The van der Waals surface area contributed by atoms with Crippen molar-refractivity contribution in [2.24, 2.45) is 0 Å². The van der Waals surface area contributed by atoms with Gasteiger partial charge in [0.2, 0.25) is 0 Å². The molecule has 0 amide bonds. The van der Waals surface area contributed by atoms with Crippen LogP contribution in [0, 0.1) is 18.8 Å². The minimum atomic E-state index is 0.102. The molecule has 0 atom stereocenters. The second-order valence-corrected chi connectivity index (χ2v) is 4.57. The van der Waals surface area contributed by atoms with Crippen molar-refractivity contribution in [1.29, 1.82) is 0 Å². The van der Waals surface area contributed by atoms with Crippen LogP contribution < -0.4 is 4.74 Å². The summed E-state index contributed by atoms with van der Waals surface area (Å²) in [5, 5.41) is 8.68. The van der Waals surface area contributed by atoms with E-state index in [1.165, 1.54) is 0 Å². The van der Waals surface area contributed by atoms with Gasteiger partial charge in [-0.2, -0.15) is 0 Å². The monoisotopic (exact) mass is 276 g/mol. The molecular weight excluding hydrogens is 252 g/mol. The molecule has 0 aliphatic heterocycles. The van der Waals surface area contributed by atoms with Crippen molar-refractivity contribution < 1.29 is 14.6 Å². The summed E-state index contributed by atoms with van der Waals surface area (Å²) in [6.45, 7) is 6.25. The van der Waals surface area contributed by atoms with Crippen LogP contribution in [0.1, 0.15) is 37.3 Å². The van der Waals surface area contributed by atoms with E-state index in [-0.39, 0.29) is 6.61 Å². The smallest absolute Gasteiger partial charge is 0.122 e. The predicted octanol–water partition coefficient (Wildman–Crippen LogP) is 2.92. The zero-order valence-electron chi connectivity index (χ0n) is 12.4. The Morgan fingerprint density at radius 3 is 2.75 bits per heavy atom. The van der Waals surface area contributed by atoms with Crippen molar-refractivity contribution in [2.45, 2.75) is 33.1 Å². The third-order valence-corrected chi connectivity index (χ3v) is 2.77. The molecule has 0 unspecified atom stereocenters. The molecule has 0 fully saturated rings. The lowest BCUT2D eigenvalue weighted by Gasteiger charge is -2.09. The van der Waals surface area contributed by atoms with Crippen molar-refractivity contribution in [3.8, 4) is 17.6 Å². The zero-order valence-corrected chi connectivity index (χ0v) is 12.4. The van der Waals surface area contributed by atoms with Gasteiger partial charge in [0, 0.05) is 18.6 Å². The molecule has 20 heavy (non-hydrogen) atoms. The Morgan fingerprint density at radius 2 is 2.05 bits per heavy atom. The highest BCUT2D eigenvalue weighted by molar-refractivity contribution is 5.43. The van der Waals surface area contributed by atoms with E-state index >= 15 is 0 Å². The fraction of sp³-hybridized carbons (Fsp3) is 0.529. The van der Waals surface area contributed by atoms with Gasteiger partial charge in [-0.15, -0.1) is 0 Å². The molecule has 0 aliphatic carbocycles. The molecule has 0 heterocycles. The summed E-state index contributed by atoms with van der Waals surface area (Å²) in [4.78, 5) is 0. The van der Waals surface area contributed by atoms with Gasteiger partial charge in [0.05, 0.1) is 13.2 Å². The summed E-state index contributed by atoms with van der Waals surface area (Å²) in [5.74, 6) is 6.79. The Morgan fingerprint density at radius 1 is 1.20 bits per heavy atom. The number of hydrogen-bond acceptors (Lipinski definition) is 3. The number of ether oxygens (including phenoxy) is 2. The molecular formula is C17H24O3. The van der Waals surface area contributed by atoms with E-state index in [2.05, 4.69) is 18.8 Å². The maximum atomic E-state index is 8.68. The van der Waals surface area contributed by atoms with Crippen molar-refractivity contribution in [2.75, 3.05) is 26.4 Å². The van der Waals surface area contributed by atoms with Gasteiger partial charge in [0.25, 0.3) is 0 Å². The van der Waals surface area contributed by atoms with E-state index in [1.54, 1.807) is 0 Å². The van der Waals surface area contributed by atoms with E-state index in [1.807, 2.05) is 25.1 Å². The minimum absolute atomic E-state index is 0.102. The van der Waals surface area contributed by atoms with E-state index in [0.717, 1.165) is 36.3 Å². The first-order valence-corrected chi connectivity index (χ1v) is 7.19. The fourth-order valence-corrected chi connectivity index (χ4v) is 1.67. The number of unbranched alkanes of at least 4 members (excludes halogenated alkanes) is 1. The summed E-state index contributed by atoms with van der Waals surface area (Å²) in [6.07, 6.45) is 2.76. The van der Waals surface area contributed by atoms with Crippen LogP contribution in [0.4, 0.5) is 0 Å². The molecule has 0 saturated heterocycles. The average molecular weight is 276 g/mol. The lowest BCUT2D eigenvalue weighted by atomic mass is 10.1. The standard InChI is InChI=1S/C17H24O3/c1-3-4-11-19-12-13-20-17-9-8-16(14-15(17)2)7-5-6-10-18/h8-9,14,18H,3-4,6,10-13H2,1-2H3. The summed E-state index contributed by atoms with van der Waals surface area (Å²) in [5.41, 5.74) is 2.01. The third kappa shape index (κ3) is 6.60. The van der Waals surface area contributed by atoms with Crippen molar-refractivity contribution in [1.82, 2.24) is 0 Å². The van der Waals surface area contributed by atoms with Gasteiger partial charge in [-0.05, 0) is 37.1 Å². The average Bonchev–Trinajstić information content (AvgIpc) is 2.45. The fourth-order valence-electron chi connectivity index (χ4n) is 1.67. The van der Waals surface area contributed by atoms with Crippen LogP contribution in [0.25, 0.3) is 0 Å². The largest absolute Gasteiger partial charge is 0.491 e. The number of aliphatic hydroxyl groups excluding tert-OH is 1. The molecule has 1 rings (SSSR count). The topological polar surface area (TPSA) is 38.7 Å². The second kappa shape index (κ2) is 10.3. The Balaban J connectivity index is 2.38. The van der Waals surface area contributed by atoms with Crippen LogP contribution in [0.5, 0.6) is 5.75 Å². The number of aliphatic hydroxyl groups is 1. The molecule has 1 aromatic rings. The molecule has 0 aromatic heterocycles.